The summed E-state index contributed by atoms with van der Waals surface area (Å²) < 4.78 is 0. The molecule has 19 heavy (non-hydrogen) atoms. The van der Waals surface area contributed by atoms with Gasteiger partial charge in [0.25, 0.3) is 0 Å². The Kier molecular flexibility index (Phi) is 27.4. The van der Waals surface area contributed by atoms with Crippen molar-refractivity contribution in [3.63, 3.8) is 0 Å². The van der Waals surface area contributed by atoms with Crippen LogP contribution < -0.4 is 28.3 Å². The summed E-state index contributed by atoms with van der Waals surface area (Å²) in [7, 11) is 0. The number of primary amides is 4. The van der Waals surface area contributed by atoms with Crippen molar-refractivity contribution in [2.24, 2.45) is 22.9 Å². The molecule has 0 aromatic heterocycles. The molecule has 11 N–H and O–H groups in total. The van der Waals surface area contributed by atoms with Gasteiger partial charge in [-0.05, 0) is 0 Å². The molecule has 0 aliphatic carbocycles. The predicted molar refractivity (Wildman–Crippen MR) is 67.3 cm³/mol. The lowest BCUT2D eigenvalue weighted by Gasteiger charge is -1.88. The number of rotatable bonds is 1. The van der Waals surface area contributed by atoms with Gasteiger partial charge in [-0.25, -0.2) is 19.2 Å². The third-order valence-electron chi connectivity index (χ3n) is 0.746. The van der Waals surface area contributed by atoms with E-state index in [0.717, 1.165) is 0 Å². The maximum atomic E-state index is 9.62. The molecule has 11 nitrogen and oxygen atoms in total. The molecular formula is C8H21N5O6. The average Bonchev–Trinajstić information content (AvgIpc) is 2.14. The first-order valence-electron chi connectivity index (χ1n) is 4.83. The molecule has 0 bridgehead atoms. The van der Waals surface area contributed by atoms with Gasteiger partial charge >= 0.3 is 24.2 Å². The molecule has 114 valence electrons. The second-order valence-electron chi connectivity index (χ2n) is 2.53. The van der Waals surface area contributed by atoms with Crippen LogP contribution in [0.4, 0.5) is 19.2 Å². The van der Waals surface area contributed by atoms with Gasteiger partial charge in [0.15, 0.2) is 0 Å². The summed E-state index contributed by atoms with van der Waals surface area (Å²) in [6.45, 7) is 4.36. The number of urea groups is 2. The summed E-state index contributed by atoms with van der Waals surface area (Å²) in [6, 6.07) is -1.88. The van der Waals surface area contributed by atoms with Gasteiger partial charge < -0.3 is 33.1 Å². The Hall–Kier alpha value is -2.72. The Morgan fingerprint density at radius 3 is 0.947 bits per heavy atom. The normalized spacial score (nSPS) is 6.84. The van der Waals surface area contributed by atoms with E-state index < -0.39 is 24.2 Å². The largest absolute Gasteiger partial charge is 0.465 e. The first kappa shape index (κ1) is 25.2. The van der Waals surface area contributed by atoms with Crippen LogP contribution in [0.5, 0.6) is 0 Å². The Balaban J connectivity index is -0.0000000825. The van der Waals surface area contributed by atoms with Crippen molar-refractivity contribution in [1.29, 1.82) is 0 Å². The number of hydrogen-bond donors (Lipinski definition) is 7. The van der Waals surface area contributed by atoms with E-state index in [9.17, 15) is 9.59 Å². The van der Waals surface area contributed by atoms with Crippen LogP contribution in [0.3, 0.4) is 0 Å². The van der Waals surface area contributed by atoms with Gasteiger partial charge in [-0.15, -0.1) is 0 Å². The van der Waals surface area contributed by atoms with E-state index in [4.69, 9.17) is 19.8 Å². The number of carbonyl (C=O) groups is 4. The zero-order valence-electron chi connectivity index (χ0n) is 10.8. The fourth-order valence-corrected chi connectivity index (χ4v) is 0.121. The molecule has 0 heterocycles. The maximum absolute atomic E-state index is 9.62. The van der Waals surface area contributed by atoms with Crippen LogP contribution in [-0.2, 0) is 0 Å². The van der Waals surface area contributed by atoms with Gasteiger partial charge in [0.2, 0.25) is 0 Å². The molecule has 0 saturated carbocycles. The Morgan fingerprint density at radius 2 is 0.947 bits per heavy atom. The van der Waals surface area contributed by atoms with Crippen LogP contribution in [0, 0.1) is 0 Å². The van der Waals surface area contributed by atoms with Crippen molar-refractivity contribution in [3.05, 3.63) is 0 Å². The average molecular weight is 283 g/mol. The lowest BCUT2D eigenvalue weighted by molar-refractivity contribution is 0.204. The number of carbonyl (C=O) groups excluding carboxylic acids is 2. The number of imide groups is 1. The van der Waals surface area contributed by atoms with Crippen LogP contribution in [0.15, 0.2) is 0 Å². The Morgan fingerprint density at radius 1 is 0.789 bits per heavy atom. The number of unbranched alkanes of at least 4 members (excludes halogenated alkanes) is 1. The molecule has 0 aromatic carbocycles. The summed E-state index contributed by atoms with van der Waals surface area (Å²) in [5.74, 6) is 0. The minimum absolute atomic E-state index is 0.937. The van der Waals surface area contributed by atoms with Crippen LogP contribution in [-0.4, -0.2) is 34.5 Å². The molecule has 0 aliphatic rings. The number of carboxylic acid groups (broad SMARTS) is 2. The third-order valence-corrected chi connectivity index (χ3v) is 0.746. The van der Waals surface area contributed by atoms with E-state index in [0.29, 0.717) is 0 Å². The van der Waals surface area contributed by atoms with Crippen molar-refractivity contribution >= 4 is 24.2 Å². The zero-order chi connectivity index (χ0) is 16.4. The van der Waals surface area contributed by atoms with Gasteiger partial charge in [0.05, 0.1) is 0 Å². The van der Waals surface area contributed by atoms with Crippen molar-refractivity contribution in [2.45, 2.75) is 26.7 Å². The first-order chi connectivity index (χ1) is 8.50. The van der Waals surface area contributed by atoms with Gasteiger partial charge in [-0.1, -0.05) is 26.7 Å². The number of amides is 6. The molecule has 11 heteroatoms. The van der Waals surface area contributed by atoms with E-state index >= 15 is 0 Å². The summed E-state index contributed by atoms with van der Waals surface area (Å²) in [5.41, 5.74) is 16.9. The molecule has 0 unspecified atom stereocenters. The van der Waals surface area contributed by atoms with Crippen molar-refractivity contribution in [2.75, 3.05) is 0 Å². The highest BCUT2D eigenvalue weighted by molar-refractivity contribution is 5.91. The molecule has 0 fully saturated rings. The molecule has 0 spiro atoms. The molecule has 0 saturated heterocycles. The lowest BCUT2D eigenvalue weighted by Crippen LogP contribution is -2.38. The van der Waals surface area contributed by atoms with Gasteiger partial charge in [-0.3, -0.25) is 5.32 Å². The van der Waals surface area contributed by atoms with Crippen LogP contribution in [0.2, 0.25) is 0 Å². The number of hydrogen-bond acceptors (Lipinski definition) is 4. The first-order valence-corrected chi connectivity index (χ1v) is 4.83. The van der Waals surface area contributed by atoms with Gasteiger partial charge in [0.1, 0.15) is 0 Å². The third kappa shape index (κ3) is 518. The molecule has 0 aliphatic heterocycles. The van der Waals surface area contributed by atoms with Crippen LogP contribution in [0.1, 0.15) is 26.7 Å². The van der Waals surface area contributed by atoms with Crippen LogP contribution >= 0.6 is 0 Å². The Labute approximate surface area is 109 Å². The fraction of sp³-hybridized carbons (Fsp3) is 0.500. The summed E-state index contributed by atoms with van der Waals surface area (Å²) in [6.07, 6.45) is -0.0278. The second kappa shape index (κ2) is 20.7. The smallest absolute Gasteiger partial charge is 0.402 e. The van der Waals surface area contributed by atoms with E-state index in [-0.39, 0.29) is 0 Å². The SMILES string of the molecule is CCCC.NC(=O)NC(N)=O.NC(=O)O.NC(=O)O. The molecular weight excluding hydrogens is 262 g/mol. The highest BCUT2D eigenvalue weighted by Gasteiger charge is 1.92. The summed E-state index contributed by atoms with van der Waals surface area (Å²) in [5, 5.41) is 16.0. The predicted octanol–water partition coefficient (Wildman–Crippen LogP) is -0.214. The van der Waals surface area contributed by atoms with Crippen molar-refractivity contribution < 1.29 is 29.4 Å². The lowest BCUT2D eigenvalue weighted by atomic mass is 10.4. The minimum atomic E-state index is -1.33. The van der Waals surface area contributed by atoms with Gasteiger partial charge in [-0.2, -0.15) is 0 Å². The van der Waals surface area contributed by atoms with E-state index in [1.165, 1.54) is 12.8 Å². The standard InChI is InChI=1S/C4H10.C2H5N3O2.2CH3NO2/c1-3-4-2;3-1(6)5-2(4)7;2*2-1(3)4/h3-4H2,1-2H3;(H5,3,4,5,6,7);2*2H2,(H,3,4). The molecule has 0 radical (unpaired) electrons. The van der Waals surface area contributed by atoms with E-state index in [1.807, 2.05) is 0 Å². The van der Waals surface area contributed by atoms with E-state index in [2.05, 4.69) is 36.8 Å². The summed E-state index contributed by atoms with van der Waals surface area (Å²) in [4.78, 5) is 36.8. The Bertz CT molecular complexity index is 236. The van der Waals surface area contributed by atoms with Crippen LogP contribution in [0.25, 0.3) is 0 Å². The molecule has 6 amide bonds. The van der Waals surface area contributed by atoms with Crippen molar-refractivity contribution in [3.8, 4) is 0 Å². The molecule has 0 aromatic rings. The second-order valence-corrected chi connectivity index (χ2v) is 2.53. The number of nitrogens with two attached hydrogens (primary N) is 4. The van der Waals surface area contributed by atoms with Gasteiger partial charge in [0, 0.05) is 0 Å². The van der Waals surface area contributed by atoms with E-state index in [1.54, 1.807) is 5.32 Å². The molecule has 0 atom stereocenters. The maximum Gasteiger partial charge on any atom is 0.402 e. The van der Waals surface area contributed by atoms with Crippen molar-refractivity contribution in [1.82, 2.24) is 5.32 Å². The number of nitrogens with one attached hydrogen (secondary N) is 1. The quantitative estimate of drug-likeness (QED) is 0.344. The topological polar surface area (TPSA) is 225 Å². The summed E-state index contributed by atoms with van der Waals surface area (Å²) >= 11 is 0. The fourth-order valence-electron chi connectivity index (χ4n) is 0.121. The highest BCUT2D eigenvalue weighted by Crippen LogP contribution is 1.76. The monoisotopic (exact) mass is 283 g/mol. The molecule has 0 rings (SSSR count). The zero-order valence-corrected chi connectivity index (χ0v) is 10.8. The highest BCUT2D eigenvalue weighted by atomic mass is 16.4. The minimum Gasteiger partial charge on any atom is -0.465 e.